The van der Waals surface area contributed by atoms with Crippen molar-refractivity contribution in [2.45, 2.75) is 30.7 Å². The minimum absolute atomic E-state index is 0.140. The lowest BCUT2D eigenvalue weighted by Crippen LogP contribution is -2.60. The zero-order valence-electron chi connectivity index (χ0n) is 17.3. The Balaban J connectivity index is 1.59. The van der Waals surface area contributed by atoms with Crippen LogP contribution in [0.15, 0.2) is 29.8 Å². The van der Waals surface area contributed by atoms with Gasteiger partial charge in [-0.1, -0.05) is 12.1 Å². The fourth-order valence-electron chi connectivity index (χ4n) is 3.55. The Morgan fingerprint density at radius 3 is 2.39 bits per heavy atom. The minimum Gasteiger partial charge on any atom is -0.388 e. The highest BCUT2D eigenvalue weighted by Crippen LogP contribution is 2.20. The molecule has 0 aromatic heterocycles. The molecule has 2 fully saturated rings. The molecule has 0 bridgehead atoms. The summed E-state index contributed by atoms with van der Waals surface area (Å²) in [6.45, 7) is 3.60. The average molecular weight is 432 g/mol. The third kappa shape index (κ3) is 5.59. The first kappa shape index (κ1) is 23.1. The lowest BCUT2D eigenvalue weighted by molar-refractivity contribution is -0.280. The summed E-state index contributed by atoms with van der Waals surface area (Å²) in [4.78, 5) is 16.9. The predicted octanol–water partition coefficient (Wildman–Crippen LogP) is -1.74. The van der Waals surface area contributed by atoms with E-state index in [1.54, 1.807) is 0 Å². The number of benzene rings is 1. The Morgan fingerprint density at radius 1 is 1.13 bits per heavy atom. The van der Waals surface area contributed by atoms with Gasteiger partial charge >= 0.3 is 0 Å². The van der Waals surface area contributed by atoms with E-state index in [9.17, 15) is 30.5 Å². The second-order valence-electron chi connectivity index (χ2n) is 7.80. The summed E-state index contributed by atoms with van der Waals surface area (Å²) in [5.74, 6) is -0.684. The van der Waals surface area contributed by atoms with Crippen LogP contribution >= 0.6 is 0 Å². The quantitative estimate of drug-likeness (QED) is 0.270. The Hall–Kier alpha value is -2.52. The number of nitrogens with zero attached hydrogens (tertiary/aromatic N) is 3. The number of ether oxygens (including phenoxy) is 1. The van der Waals surface area contributed by atoms with Crippen LogP contribution in [0.25, 0.3) is 6.08 Å². The summed E-state index contributed by atoms with van der Waals surface area (Å²) in [5, 5.41) is 50.5. The summed E-state index contributed by atoms with van der Waals surface area (Å²) in [7, 11) is 2.09. The van der Waals surface area contributed by atoms with Gasteiger partial charge in [-0.05, 0) is 30.8 Å². The predicted molar refractivity (Wildman–Crippen MR) is 112 cm³/mol. The number of hydrogen-bond acceptors (Lipinski definition) is 9. The van der Waals surface area contributed by atoms with Gasteiger partial charge in [-0.3, -0.25) is 4.79 Å². The molecule has 31 heavy (non-hydrogen) atoms. The fraction of sp³-hybridized carbons (Fsp3) is 0.524. The number of amides is 1. The standard InChI is InChI=1S/C21H28N4O6/c1-24-6-8-25(9-7-24)15-4-2-13(3-5-15)10-14(11-22)20(29)23-12-16-17(26)18(27)19(28)21(30)31-16/h2-5,10,16-19,21,26-28,30H,6-9,12H2,1H3,(H,23,29)/b14-10+/t16-,17-,18+,19-,21?/m1/s1. The van der Waals surface area contributed by atoms with Crippen LogP contribution in [0.3, 0.4) is 0 Å². The van der Waals surface area contributed by atoms with Crippen molar-refractivity contribution < 1.29 is 30.0 Å². The maximum Gasteiger partial charge on any atom is 0.262 e. The summed E-state index contributed by atoms with van der Waals surface area (Å²) < 4.78 is 5.01. The van der Waals surface area contributed by atoms with Gasteiger partial charge in [0.05, 0.1) is 0 Å². The molecule has 0 saturated carbocycles. The molecule has 10 nitrogen and oxygen atoms in total. The summed E-state index contributed by atoms with van der Waals surface area (Å²) >= 11 is 0. The fourth-order valence-corrected chi connectivity index (χ4v) is 3.55. The molecule has 10 heteroatoms. The topological polar surface area (TPSA) is 150 Å². The SMILES string of the molecule is CN1CCN(c2ccc(/C=C(\C#N)C(=O)NC[C@H]3OC(O)[C@H](O)[C@@H](O)[C@@H]3O)cc2)CC1. The molecule has 0 radical (unpaired) electrons. The average Bonchev–Trinajstić information content (AvgIpc) is 2.78. The normalized spacial score (nSPS) is 30.0. The lowest BCUT2D eigenvalue weighted by atomic mass is 9.99. The van der Waals surface area contributed by atoms with E-state index in [2.05, 4.69) is 22.2 Å². The molecule has 3 rings (SSSR count). The Labute approximate surface area is 180 Å². The second-order valence-corrected chi connectivity index (χ2v) is 7.80. The first-order valence-electron chi connectivity index (χ1n) is 10.1. The van der Waals surface area contributed by atoms with Crippen molar-refractivity contribution in [1.29, 1.82) is 5.26 Å². The number of aliphatic hydroxyl groups is 4. The molecule has 2 aliphatic rings. The van der Waals surface area contributed by atoms with Gasteiger partial charge in [-0.2, -0.15) is 5.26 Å². The van der Waals surface area contributed by atoms with Crippen LogP contribution in [-0.4, -0.2) is 102 Å². The first-order valence-corrected chi connectivity index (χ1v) is 10.1. The van der Waals surface area contributed by atoms with Gasteiger partial charge in [0.1, 0.15) is 36.1 Å². The minimum atomic E-state index is -1.69. The molecule has 2 aliphatic heterocycles. The number of piperazine rings is 1. The number of carbonyl (C=O) groups excluding carboxylic acids is 1. The zero-order valence-corrected chi connectivity index (χ0v) is 17.3. The van der Waals surface area contributed by atoms with E-state index in [4.69, 9.17) is 4.74 Å². The van der Waals surface area contributed by atoms with Gasteiger partial charge in [0.2, 0.25) is 0 Å². The number of likely N-dealkylation sites (N-methyl/N-ethyl adjacent to an activating group) is 1. The van der Waals surface area contributed by atoms with Crippen LogP contribution in [0.2, 0.25) is 0 Å². The maximum atomic E-state index is 12.4. The van der Waals surface area contributed by atoms with E-state index in [1.807, 2.05) is 30.3 Å². The number of carbonyl (C=O) groups is 1. The van der Waals surface area contributed by atoms with E-state index < -0.39 is 36.6 Å². The molecule has 168 valence electrons. The molecule has 2 saturated heterocycles. The number of rotatable bonds is 5. The van der Waals surface area contributed by atoms with Crippen LogP contribution in [0.5, 0.6) is 0 Å². The Bertz CT molecular complexity index is 831. The number of aliphatic hydroxyl groups excluding tert-OH is 4. The number of anilines is 1. The largest absolute Gasteiger partial charge is 0.388 e. The van der Waals surface area contributed by atoms with E-state index in [0.29, 0.717) is 5.56 Å². The van der Waals surface area contributed by atoms with Crippen LogP contribution in [0.4, 0.5) is 5.69 Å². The first-order chi connectivity index (χ1) is 14.8. The second kappa shape index (κ2) is 10.2. The molecule has 2 heterocycles. The van der Waals surface area contributed by atoms with Gasteiger partial charge in [0, 0.05) is 38.4 Å². The molecule has 1 unspecified atom stereocenters. The van der Waals surface area contributed by atoms with E-state index in [1.165, 1.54) is 6.08 Å². The number of hydrogen-bond donors (Lipinski definition) is 5. The van der Waals surface area contributed by atoms with Gasteiger partial charge in [0.15, 0.2) is 6.29 Å². The molecule has 5 N–H and O–H groups in total. The maximum absolute atomic E-state index is 12.4. The summed E-state index contributed by atoms with van der Waals surface area (Å²) in [6.07, 6.45) is -6.14. The zero-order chi connectivity index (χ0) is 22.5. The van der Waals surface area contributed by atoms with Gasteiger partial charge < -0.3 is 40.3 Å². The van der Waals surface area contributed by atoms with Crippen molar-refractivity contribution in [3.05, 3.63) is 35.4 Å². The summed E-state index contributed by atoms with van der Waals surface area (Å²) in [6, 6.07) is 9.41. The Morgan fingerprint density at radius 2 is 1.77 bits per heavy atom. The van der Waals surface area contributed by atoms with Gasteiger partial charge in [-0.15, -0.1) is 0 Å². The highest BCUT2D eigenvalue weighted by Gasteiger charge is 2.42. The van der Waals surface area contributed by atoms with Crippen LogP contribution < -0.4 is 10.2 Å². The molecular weight excluding hydrogens is 404 g/mol. The number of nitrogens with one attached hydrogen (secondary N) is 1. The van der Waals surface area contributed by atoms with Crippen LogP contribution in [0.1, 0.15) is 5.56 Å². The molecule has 1 amide bonds. The molecule has 0 spiro atoms. The highest BCUT2D eigenvalue weighted by atomic mass is 16.6. The third-order valence-corrected chi connectivity index (χ3v) is 5.59. The van der Waals surface area contributed by atoms with Crippen molar-refractivity contribution in [3.8, 4) is 6.07 Å². The third-order valence-electron chi connectivity index (χ3n) is 5.59. The van der Waals surface area contributed by atoms with Crippen molar-refractivity contribution in [3.63, 3.8) is 0 Å². The Kier molecular flexibility index (Phi) is 7.61. The van der Waals surface area contributed by atoms with Crippen LogP contribution in [0, 0.1) is 11.3 Å². The molecular formula is C21H28N4O6. The van der Waals surface area contributed by atoms with Crippen molar-refractivity contribution in [2.24, 2.45) is 0 Å². The number of nitriles is 1. The van der Waals surface area contributed by atoms with E-state index in [-0.39, 0.29) is 12.1 Å². The monoisotopic (exact) mass is 432 g/mol. The summed E-state index contributed by atoms with van der Waals surface area (Å²) in [5.41, 5.74) is 1.63. The lowest BCUT2D eigenvalue weighted by Gasteiger charge is -2.38. The molecule has 1 aromatic rings. The smallest absolute Gasteiger partial charge is 0.262 e. The van der Waals surface area contributed by atoms with Crippen LogP contribution in [-0.2, 0) is 9.53 Å². The van der Waals surface area contributed by atoms with Gasteiger partial charge in [-0.25, -0.2) is 0 Å². The highest BCUT2D eigenvalue weighted by molar-refractivity contribution is 6.01. The molecule has 0 aliphatic carbocycles. The molecule has 5 atom stereocenters. The van der Waals surface area contributed by atoms with Gasteiger partial charge in [0.25, 0.3) is 5.91 Å². The van der Waals surface area contributed by atoms with E-state index in [0.717, 1.165) is 31.9 Å². The molecule has 1 aromatic carbocycles. The van der Waals surface area contributed by atoms with E-state index >= 15 is 0 Å². The van der Waals surface area contributed by atoms with Crippen molar-refractivity contribution in [1.82, 2.24) is 10.2 Å². The van der Waals surface area contributed by atoms with Crippen molar-refractivity contribution in [2.75, 3.05) is 44.7 Å². The van der Waals surface area contributed by atoms with Crippen molar-refractivity contribution >= 4 is 17.7 Å².